The number of carbonyl (C=O) groups is 1. The minimum atomic E-state index is -0.439. The van der Waals surface area contributed by atoms with Crippen LogP contribution in [0.4, 0.5) is 4.79 Å². The first-order chi connectivity index (χ1) is 9.87. The maximum Gasteiger partial charge on any atom is 0.410 e. The maximum atomic E-state index is 12.2. The summed E-state index contributed by atoms with van der Waals surface area (Å²) in [5.41, 5.74) is 2.45. The summed E-state index contributed by atoms with van der Waals surface area (Å²) in [4.78, 5) is 18.4. The molecule has 1 atom stereocenters. The highest BCUT2D eigenvalue weighted by Gasteiger charge is 2.34. The summed E-state index contributed by atoms with van der Waals surface area (Å²) < 4.78 is 5.48. The van der Waals surface area contributed by atoms with Crippen LogP contribution in [-0.2, 0) is 4.74 Å². The molecule has 21 heavy (non-hydrogen) atoms. The first kappa shape index (κ1) is 16.2. The molecule has 0 bridgehead atoms. The van der Waals surface area contributed by atoms with E-state index in [0.717, 1.165) is 25.1 Å². The van der Waals surface area contributed by atoms with Crippen LogP contribution in [0.25, 0.3) is 0 Å². The van der Waals surface area contributed by atoms with Crippen molar-refractivity contribution in [2.45, 2.75) is 58.2 Å². The van der Waals surface area contributed by atoms with Crippen molar-refractivity contribution >= 4 is 17.4 Å². The molecule has 2 rings (SSSR count). The molecule has 1 aromatic heterocycles. The molecule has 1 unspecified atom stereocenters. The molecule has 1 heterocycles. The Hall–Kier alpha value is -1.14. The van der Waals surface area contributed by atoms with Gasteiger partial charge in [0.1, 0.15) is 5.60 Å². The van der Waals surface area contributed by atoms with Gasteiger partial charge < -0.3 is 15.0 Å². The highest BCUT2D eigenvalue weighted by atomic mass is 32.1. The van der Waals surface area contributed by atoms with Crippen LogP contribution in [-0.4, -0.2) is 40.7 Å². The maximum absolute atomic E-state index is 12.2. The zero-order chi connectivity index (χ0) is 15.5. The van der Waals surface area contributed by atoms with E-state index in [9.17, 15) is 4.79 Å². The average molecular weight is 311 g/mol. The fourth-order valence-electron chi connectivity index (χ4n) is 2.07. The van der Waals surface area contributed by atoms with Gasteiger partial charge in [-0.1, -0.05) is 0 Å². The average Bonchev–Trinajstić information content (AvgIpc) is 3.04. The fraction of sp³-hybridized carbons (Fsp3) is 0.733. The Morgan fingerprint density at radius 3 is 2.81 bits per heavy atom. The monoisotopic (exact) mass is 311 g/mol. The smallest absolute Gasteiger partial charge is 0.410 e. The Bertz CT molecular complexity index is 452. The summed E-state index contributed by atoms with van der Waals surface area (Å²) in [7, 11) is 0. The van der Waals surface area contributed by atoms with E-state index in [0.29, 0.717) is 12.6 Å². The second-order valence-corrected chi connectivity index (χ2v) is 7.21. The zero-order valence-electron chi connectivity index (χ0n) is 13.3. The van der Waals surface area contributed by atoms with Crippen molar-refractivity contribution in [3.63, 3.8) is 0 Å². The third-order valence-corrected chi connectivity index (χ3v) is 3.92. The summed E-state index contributed by atoms with van der Waals surface area (Å²) in [5, 5.41) is 5.46. The zero-order valence-corrected chi connectivity index (χ0v) is 14.1. The number of amides is 1. The first-order valence-corrected chi connectivity index (χ1v) is 8.42. The summed E-state index contributed by atoms with van der Waals surface area (Å²) in [6.07, 6.45) is 1.97. The number of hydrogen-bond acceptors (Lipinski definition) is 5. The van der Waals surface area contributed by atoms with Crippen molar-refractivity contribution in [1.82, 2.24) is 15.2 Å². The van der Waals surface area contributed by atoms with Crippen LogP contribution in [0.5, 0.6) is 0 Å². The molecule has 118 valence electrons. The lowest BCUT2D eigenvalue weighted by Gasteiger charge is -2.27. The lowest BCUT2D eigenvalue weighted by molar-refractivity contribution is 0.0235. The van der Waals surface area contributed by atoms with E-state index in [1.54, 1.807) is 11.3 Å². The number of thiazole rings is 1. The van der Waals surface area contributed by atoms with E-state index in [1.165, 1.54) is 0 Å². The normalized spacial score (nSPS) is 16.6. The van der Waals surface area contributed by atoms with Crippen molar-refractivity contribution in [3.8, 4) is 0 Å². The van der Waals surface area contributed by atoms with Crippen LogP contribution in [0.2, 0.25) is 0 Å². The quantitative estimate of drug-likeness (QED) is 0.876. The Morgan fingerprint density at radius 1 is 1.57 bits per heavy atom. The molecule has 1 aliphatic rings. The van der Waals surface area contributed by atoms with Crippen LogP contribution in [0, 0.1) is 0 Å². The number of rotatable bonds is 6. The van der Waals surface area contributed by atoms with Gasteiger partial charge in [0.05, 0.1) is 11.2 Å². The molecule has 1 aliphatic carbocycles. The van der Waals surface area contributed by atoms with Crippen LogP contribution in [0.3, 0.4) is 0 Å². The molecule has 1 fully saturated rings. The molecule has 1 aromatic rings. The van der Waals surface area contributed by atoms with E-state index in [2.05, 4.69) is 17.2 Å². The third kappa shape index (κ3) is 5.28. The lowest BCUT2D eigenvalue weighted by Crippen LogP contribution is -2.42. The molecule has 1 N–H and O–H groups in total. The molecular formula is C15H25N3O2S. The molecule has 0 saturated heterocycles. The Balaban J connectivity index is 1.79. The molecule has 0 aliphatic heterocycles. The van der Waals surface area contributed by atoms with Crippen molar-refractivity contribution in [2.24, 2.45) is 0 Å². The Labute approximate surface area is 130 Å². The van der Waals surface area contributed by atoms with E-state index in [1.807, 2.05) is 36.6 Å². The number of aromatic nitrogens is 1. The van der Waals surface area contributed by atoms with Gasteiger partial charge >= 0.3 is 6.09 Å². The van der Waals surface area contributed by atoms with Crippen molar-refractivity contribution in [1.29, 1.82) is 0 Å². The van der Waals surface area contributed by atoms with Crippen LogP contribution in [0.15, 0.2) is 10.9 Å². The van der Waals surface area contributed by atoms with Crippen molar-refractivity contribution in [3.05, 3.63) is 16.6 Å². The van der Waals surface area contributed by atoms with Crippen LogP contribution in [0.1, 0.15) is 52.3 Å². The largest absolute Gasteiger partial charge is 0.444 e. The van der Waals surface area contributed by atoms with Gasteiger partial charge in [-0.05, 0) is 40.5 Å². The lowest BCUT2D eigenvalue weighted by atomic mass is 10.2. The Morgan fingerprint density at radius 2 is 2.29 bits per heavy atom. The van der Waals surface area contributed by atoms with Crippen LogP contribution >= 0.6 is 11.3 Å². The number of ether oxygens (including phenoxy) is 1. The summed E-state index contributed by atoms with van der Waals surface area (Å²) in [6, 6.07) is 0.562. The van der Waals surface area contributed by atoms with Crippen LogP contribution < -0.4 is 5.32 Å². The summed E-state index contributed by atoms with van der Waals surface area (Å²) >= 11 is 1.60. The fourth-order valence-corrected chi connectivity index (χ4v) is 2.72. The summed E-state index contributed by atoms with van der Waals surface area (Å²) in [6.45, 7) is 9.21. The van der Waals surface area contributed by atoms with E-state index in [-0.39, 0.29) is 12.1 Å². The second-order valence-electron chi connectivity index (χ2n) is 6.49. The highest BCUT2D eigenvalue weighted by Crippen LogP contribution is 2.28. The minimum absolute atomic E-state index is 0.201. The first-order valence-electron chi connectivity index (χ1n) is 7.48. The molecular weight excluding hydrogens is 286 g/mol. The van der Waals surface area contributed by atoms with Crippen molar-refractivity contribution in [2.75, 3.05) is 13.1 Å². The van der Waals surface area contributed by atoms with Gasteiger partial charge in [-0.2, -0.15) is 0 Å². The van der Waals surface area contributed by atoms with Gasteiger partial charge in [0, 0.05) is 30.6 Å². The van der Waals surface area contributed by atoms with Gasteiger partial charge in [0.2, 0.25) is 0 Å². The molecule has 6 heteroatoms. The summed E-state index contributed by atoms with van der Waals surface area (Å²) in [5.74, 6) is 0. The van der Waals surface area contributed by atoms with Gasteiger partial charge in [0.25, 0.3) is 0 Å². The van der Waals surface area contributed by atoms with Gasteiger partial charge in [-0.3, -0.25) is 0 Å². The van der Waals surface area contributed by atoms with E-state index < -0.39 is 5.60 Å². The molecule has 1 amide bonds. The van der Waals surface area contributed by atoms with Gasteiger partial charge in [-0.15, -0.1) is 11.3 Å². The SMILES string of the molecule is CC(NCCN(C(=O)OC(C)(C)C)C1CC1)c1cscn1. The number of hydrogen-bond donors (Lipinski definition) is 1. The minimum Gasteiger partial charge on any atom is -0.444 e. The molecule has 0 radical (unpaired) electrons. The molecule has 1 saturated carbocycles. The molecule has 0 aromatic carbocycles. The predicted molar refractivity (Wildman–Crippen MR) is 84.5 cm³/mol. The number of carbonyl (C=O) groups excluding carboxylic acids is 1. The van der Waals surface area contributed by atoms with E-state index in [4.69, 9.17) is 4.74 Å². The van der Waals surface area contributed by atoms with Gasteiger partial charge in [-0.25, -0.2) is 9.78 Å². The van der Waals surface area contributed by atoms with E-state index >= 15 is 0 Å². The third-order valence-electron chi connectivity index (χ3n) is 3.31. The highest BCUT2D eigenvalue weighted by molar-refractivity contribution is 7.07. The predicted octanol–water partition coefficient (Wildman–Crippen LogP) is 3.19. The number of nitrogens with one attached hydrogen (secondary N) is 1. The number of nitrogens with zero attached hydrogens (tertiary/aromatic N) is 2. The van der Waals surface area contributed by atoms with Crippen molar-refractivity contribution < 1.29 is 9.53 Å². The molecule has 0 spiro atoms. The Kier molecular flexibility index (Phi) is 5.22. The standard InChI is InChI=1S/C15H25N3O2S/c1-11(13-9-21-10-17-13)16-7-8-18(12-5-6-12)14(19)20-15(2,3)4/h9-12,16H,5-8H2,1-4H3. The topological polar surface area (TPSA) is 54.5 Å². The molecule has 5 nitrogen and oxygen atoms in total. The second kappa shape index (κ2) is 6.75. The van der Waals surface area contributed by atoms with Gasteiger partial charge in [0.15, 0.2) is 0 Å².